The van der Waals surface area contributed by atoms with Gasteiger partial charge in [0.15, 0.2) is 17.5 Å². The molecule has 0 amide bonds. The van der Waals surface area contributed by atoms with Gasteiger partial charge in [0.2, 0.25) is 0 Å². The Morgan fingerprint density at radius 2 is 0.923 bits per heavy atom. The maximum absolute atomic E-state index is 9.51. The number of fused-ring (bicyclic) bond motifs is 9. The maximum Gasteiger partial charge on any atom is 0.164 e. The Bertz CT molecular complexity index is 2610. The molecule has 0 fully saturated rings. The van der Waals surface area contributed by atoms with Gasteiger partial charge in [-0.2, -0.15) is 5.26 Å². The van der Waals surface area contributed by atoms with Gasteiger partial charge in [0.25, 0.3) is 0 Å². The van der Waals surface area contributed by atoms with E-state index in [2.05, 4.69) is 103 Å². The van der Waals surface area contributed by atoms with E-state index in [0.717, 1.165) is 27.8 Å². The van der Waals surface area contributed by atoms with Crippen LogP contribution < -0.4 is 0 Å². The van der Waals surface area contributed by atoms with Crippen molar-refractivity contribution in [3.8, 4) is 62.5 Å². The highest BCUT2D eigenvalue weighted by Crippen LogP contribution is 2.63. The lowest BCUT2D eigenvalue weighted by Gasteiger charge is -2.40. The Balaban J connectivity index is 1.25. The summed E-state index contributed by atoms with van der Waals surface area (Å²) in [5, 5.41) is 9.51. The van der Waals surface area contributed by atoms with E-state index in [1.54, 1.807) is 0 Å². The minimum atomic E-state index is -0.584. The predicted octanol–water partition coefficient (Wildman–Crippen LogP) is 11.2. The fourth-order valence-electron chi connectivity index (χ4n) is 7.95. The average Bonchev–Trinajstić information content (AvgIpc) is 3.52. The van der Waals surface area contributed by atoms with E-state index in [4.69, 9.17) is 15.0 Å². The molecule has 1 spiro atoms. The molecule has 10 rings (SSSR count). The van der Waals surface area contributed by atoms with Crippen LogP contribution in [0.4, 0.5) is 0 Å². The molecule has 4 nitrogen and oxygen atoms in total. The van der Waals surface area contributed by atoms with Gasteiger partial charge in [0.05, 0.1) is 17.0 Å². The van der Waals surface area contributed by atoms with Crippen LogP contribution >= 0.6 is 11.8 Å². The van der Waals surface area contributed by atoms with Crippen LogP contribution in [0.15, 0.2) is 180 Å². The predicted molar refractivity (Wildman–Crippen MR) is 208 cm³/mol. The number of nitrogens with zero attached hydrogens (tertiary/aromatic N) is 4. The van der Waals surface area contributed by atoms with Gasteiger partial charge < -0.3 is 0 Å². The van der Waals surface area contributed by atoms with Crippen LogP contribution in [0.2, 0.25) is 0 Å². The zero-order chi connectivity index (χ0) is 34.6. The lowest BCUT2D eigenvalue weighted by atomic mass is 9.66. The van der Waals surface area contributed by atoms with Crippen molar-refractivity contribution < 1.29 is 0 Å². The van der Waals surface area contributed by atoms with Gasteiger partial charge in [-0.1, -0.05) is 157 Å². The molecule has 1 aromatic heterocycles. The zero-order valence-corrected chi connectivity index (χ0v) is 28.7. The summed E-state index contributed by atoms with van der Waals surface area (Å²) in [6, 6.07) is 61.5. The number of benzene rings is 7. The molecule has 0 saturated carbocycles. The van der Waals surface area contributed by atoms with Crippen molar-refractivity contribution in [1.29, 1.82) is 5.26 Å². The number of hydrogen-bond donors (Lipinski definition) is 0. The standard InChI is InChI=1S/C47H28N4S/c48-29-30-22-24-31(25-23-30)35-18-11-21-40-43(35)52-42-27-26-34(28-41(42)47(40)38-19-9-7-16-36(38)37-17-8-10-20-39(37)47)46-50-44(32-12-3-1-4-13-32)49-45(51-46)33-14-5-2-6-15-33/h1-28H. The third kappa shape index (κ3) is 4.59. The molecule has 5 heteroatoms. The second-order valence-corrected chi connectivity index (χ2v) is 14.1. The summed E-state index contributed by atoms with van der Waals surface area (Å²) >= 11 is 1.81. The van der Waals surface area contributed by atoms with Crippen molar-refractivity contribution in [2.24, 2.45) is 0 Å². The van der Waals surface area contributed by atoms with Crippen molar-refractivity contribution in [1.82, 2.24) is 15.0 Å². The highest BCUT2D eigenvalue weighted by molar-refractivity contribution is 7.99. The molecule has 0 N–H and O–H groups in total. The molecule has 2 aliphatic rings. The van der Waals surface area contributed by atoms with Crippen molar-refractivity contribution in [2.75, 3.05) is 0 Å². The molecule has 242 valence electrons. The van der Waals surface area contributed by atoms with E-state index in [9.17, 15) is 5.26 Å². The molecule has 8 aromatic rings. The van der Waals surface area contributed by atoms with Gasteiger partial charge in [-0.25, -0.2) is 15.0 Å². The SMILES string of the molecule is N#Cc1ccc(-c2cccc3c2Sc2ccc(-c4nc(-c5ccccc5)nc(-c5ccccc5)n4)cc2C32c3ccccc3-c3ccccc32)cc1. The number of nitriles is 1. The van der Waals surface area contributed by atoms with Gasteiger partial charge in [-0.05, 0) is 68.8 Å². The number of aromatic nitrogens is 3. The Labute approximate surface area is 306 Å². The van der Waals surface area contributed by atoms with E-state index < -0.39 is 5.41 Å². The Hall–Kier alpha value is -6.61. The number of hydrogen-bond acceptors (Lipinski definition) is 5. The first-order valence-corrected chi connectivity index (χ1v) is 18.1. The molecular weight excluding hydrogens is 653 g/mol. The fourth-order valence-corrected chi connectivity index (χ4v) is 9.26. The quantitative estimate of drug-likeness (QED) is 0.185. The highest BCUT2D eigenvalue weighted by atomic mass is 32.2. The van der Waals surface area contributed by atoms with E-state index in [-0.39, 0.29) is 0 Å². The molecule has 0 unspecified atom stereocenters. The van der Waals surface area contributed by atoms with Crippen LogP contribution in [0.3, 0.4) is 0 Å². The van der Waals surface area contributed by atoms with Crippen molar-refractivity contribution in [2.45, 2.75) is 15.2 Å². The first kappa shape index (κ1) is 30.2. The molecule has 1 aliphatic heterocycles. The molecule has 0 saturated heterocycles. The van der Waals surface area contributed by atoms with Gasteiger partial charge in [-0.3, -0.25) is 0 Å². The zero-order valence-electron chi connectivity index (χ0n) is 27.9. The average molecular weight is 681 g/mol. The largest absolute Gasteiger partial charge is 0.208 e. The third-order valence-corrected chi connectivity index (χ3v) is 11.5. The maximum atomic E-state index is 9.51. The van der Waals surface area contributed by atoms with Crippen molar-refractivity contribution >= 4 is 11.8 Å². The molecule has 0 bridgehead atoms. The third-order valence-electron chi connectivity index (χ3n) is 10.2. The first-order valence-electron chi connectivity index (χ1n) is 17.3. The minimum absolute atomic E-state index is 0.584. The van der Waals surface area contributed by atoms with Gasteiger partial charge in [0.1, 0.15) is 0 Å². The van der Waals surface area contributed by atoms with Gasteiger partial charge in [0, 0.05) is 26.5 Å². The Morgan fingerprint density at radius 1 is 0.423 bits per heavy atom. The summed E-state index contributed by atoms with van der Waals surface area (Å²) in [7, 11) is 0. The Morgan fingerprint density at radius 3 is 1.52 bits per heavy atom. The lowest BCUT2D eigenvalue weighted by molar-refractivity contribution is 0.723. The van der Waals surface area contributed by atoms with Crippen molar-refractivity contribution in [3.63, 3.8) is 0 Å². The van der Waals surface area contributed by atoms with E-state index >= 15 is 0 Å². The van der Waals surface area contributed by atoms with Crippen LogP contribution in [0.25, 0.3) is 56.4 Å². The molecular formula is C47H28N4S. The van der Waals surface area contributed by atoms with E-state index in [1.165, 1.54) is 43.2 Å². The fraction of sp³-hybridized carbons (Fsp3) is 0.0213. The molecule has 2 heterocycles. The van der Waals surface area contributed by atoms with Gasteiger partial charge in [-0.15, -0.1) is 0 Å². The molecule has 0 radical (unpaired) electrons. The van der Waals surface area contributed by atoms with Gasteiger partial charge >= 0.3 is 0 Å². The van der Waals surface area contributed by atoms with Crippen LogP contribution in [0, 0.1) is 11.3 Å². The van der Waals surface area contributed by atoms with Crippen molar-refractivity contribution in [3.05, 3.63) is 198 Å². The molecule has 0 atom stereocenters. The Kier molecular flexibility index (Phi) is 6.99. The van der Waals surface area contributed by atoms with Crippen LogP contribution in [-0.2, 0) is 5.41 Å². The summed E-state index contributed by atoms with van der Waals surface area (Å²) < 4.78 is 0. The highest BCUT2D eigenvalue weighted by Gasteiger charge is 2.50. The van der Waals surface area contributed by atoms with Crippen LogP contribution in [-0.4, -0.2) is 15.0 Å². The van der Waals surface area contributed by atoms with Crippen LogP contribution in [0.5, 0.6) is 0 Å². The topological polar surface area (TPSA) is 62.5 Å². The molecule has 7 aromatic carbocycles. The van der Waals surface area contributed by atoms with E-state index in [1.807, 2.05) is 84.6 Å². The lowest BCUT2D eigenvalue weighted by Crippen LogP contribution is -2.32. The normalized spacial score (nSPS) is 13.1. The number of rotatable bonds is 4. The monoisotopic (exact) mass is 680 g/mol. The summed E-state index contributed by atoms with van der Waals surface area (Å²) in [6.07, 6.45) is 0. The smallest absolute Gasteiger partial charge is 0.164 e. The summed E-state index contributed by atoms with van der Waals surface area (Å²) in [4.78, 5) is 17.6. The summed E-state index contributed by atoms with van der Waals surface area (Å²) in [5.41, 5.74) is 12.6. The van der Waals surface area contributed by atoms with Crippen LogP contribution in [0.1, 0.15) is 27.8 Å². The minimum Gasteiger partial charge on any atom is -0.208 e. The molecule has 1 aliphatic carbocycles. The van der Waals surface area contributed by atoms with E-state index in [0.29, 0.717) is 23.0 Å². The molecule has 52 heavy (non-hydrogen) atoms. The second-order valence-electron chi connectivity index (χ2n) is 13.1. The second kappa shape index (κ2) is 12.0. The first-order chi connectivity index (χ1) is 25.7. The summed E-state index contributed by atoms with van der Waals surface area (Å²) in [6.45, 7) is 0. The summed E-state index contributed by atoms with van der Waals surface area (Å²) in [5.74, 6) is 1.91.